The Morgan fingerprint density at radius 1 is 1.32 bits per heavy atom. The number of benzene rings is 2. The fraction of sp³-hybridized carbons (Fsp3) is 0.414. The molecule has 0 aliphatic carbocycles. The number of pyridine rings is 1. The fourth-order valence-electron chi connectivity index (χ4n) is 5.41. The molecule has 4 aromatic rings. The van der Waals surface area contributed by atoms with E-state index in [-0.39, 0.29) is 6.10 Å². The molecule has 0 saturated carbocycles. The third-order valence-corrected chi connectivity index (χ3v) is 8.63. The second kappa shape index (κ2) is 10.1. The molecular formula is C29H31N3O5S. The number of nitrogens with zero attached hydrogens (tertiary/aromatic N) is 3. The quantitative estimate of drug-likeness (QED) is 0.281. The van der Waals surface area contributed by atoms with Crippen LogP contribution >= 0.6 is 11.3 Å². The molecule has 0 bridgehead atoms. The zero-order valence-electron chi connectivity index (χ0n) is 21.8. The molecule has 1 atom stereocenters. The van der Waals surface area contributed by atoms with E-state index in [1.54, 1.807) is 18.4 Å². The third kappa shape index (κ3) is 4.19. The summed E-state index contributed by atoms with van der Waals surface area (Å²) in [7, 11) is 1.73. The predicted octanol–water partition coefficient (Wildman–Crippen LogP) is 5.53. The van der Waals surface area contributed by atoms with Crippen molar-refractivity contribution in [2.75, 3.05) is 38.3 Å². The zero-order chi connectivity index (χ0) is 26.4. The minimum Gasteiger partial charge on any atom is -0.493 e. The smallest absolute Gasteiger partial charge is 0.337 e. The summed E-state index contributed by atoms with van der Waals surface area (Å²) < 4.78 is 18.4. The number of hydrogen-bond acceptors (Lipinski definition) is 8. The van der Waals surface area contributed by atoms with E-state index in [1.165, 1.54) is 5.56 Å². The first kappa shape index (κ1) is 25.0. The molecule has 0 radical (unpaired) electrons. The number of aryl methyl sites for hydroxylation is 1. The van der Waals surface area contributed by atoms with E-state index < -0.39 is 12.1 Å². The maximum absolute atomic E-state index is 12.6. The fourth-order valence-corrected chi connectivity index (χ4v) is 6.55. The van der Waals surface area contributed by atoms with Crippen LogP contribution in [0.4, 0.5) is 5.13 Å². The van der Waals surface area contributed by atoms with Crippen LogP contribution in [0, 0.1) is 6.92 Å². The van der Waals surface area contributed by atoms with Gasteiger partial charge in [-0.15, -0.1) is 0 Å². The number of carboxylic acids is 1. The standard InChI is InChI=1S/C29H31N3O5S/c1-4-5-11-37-26(28(33)34)22-16(2)13-20-27(38-29(31-20)32-14-18(15-32)35-3)24(22)19-6-7-21-23-17(9-12-36-21)8-10-30-25(19)23/h6-8,10,13,18,26H,4-5,9,11-12,14-15H2,1-3H3,(H,33,34)/t26-/m1/s1. The summed E-state index contributed by atoms with van der Waals surface area (Å²) in [6, 6.07) is 8.02. The van der Waals surface area contributed by atoms with Crippen LogP contribution in [0.25, 0.3) is 32.2 Å². The molecule has 38 heavy (non-hydrogen) atoms. The second-order valence-corrected chi connectivity index (χ2v) is 10.9. The molecule has 198 valence electrons. The van der Waals surface area contributed by atoms with Crippen molar-refractivity contribution in [3.63, 3.8) is 0 Å². The van der Waals surface area contributed by atoms with E-state index in [1.807, 2.05) is 37.4 Å². The van der Waals surface area contributed by atoms with Crippen molar-refractivity contribution in [1.29, 1.82) is 0 Å². The lowest BCUT2D eigenvalue weighted by Gasteiger charge is -2.37. The summed E-state index contributed by atoms with van der Waals surface area (Å²) in [6.07, 6.45) is 3.46. The van der Waals surface area contributed by atoms with Gasteiger partial charge in [-0.3, -0.25) is 4.98 Å². The Kier molecular flexibility index (Phi) is 6.67. The van der Waals surface area contributed by atoms with Gasteiger partial charge in [0.05, 0.1) is 28.4 Å². The number of fused-ring (bicyclic) bond motifs is 1. The summed E-state index contributed by atoms with van der Waals surface area (Å²) in [4.78, 5) is 24.6. The number of ether oxygens (including phenoxy) is 3. The van der Waals surface area contributed by atoms with Gasteiger partial charge in [-0.05, 0) is 48.7 Å². The summed E-state index contributed by atoms with van der Waals surface area (Å²) in [6.45, 7) is 6.59. The molecular weight excluding hydrogens is 502 g/mol. The molecule has 0 unspecified atom stereocenters. The average Bonchev–Trinajstić information content (AvgIpc) is 3.29. The first-order valence-corrected chi connectivity index (χ1v) is 13.9. The van der Waals surface area contributed by atoms with Gasteiger partial charge in [-0.2, -0.15) is 0 Å². The molecule has 0 amide bonds. The van der Waals surface area contributed by atoms with Crippen LogP contribution in [-0.2, 0) is 20.7 Å². The highest BCUT2D eigenvalue weighted by atomic mass is 32.1. The van der Waals surface area contributed by atoms with Crippen molar-refractivity contribution >= 4 is 43.6 Å². The molecule has 4 heterocycles. The summed E-state index contributed by atoms with van der Waals surface area (Å²) in [5.74, 6) is -0.187. The molecule has 0 spiro atoms. The van der Waals surface area contributed by atoms with Crippen molar-refractivity contribution < 1.29 is 24.1 Å². The van der Waals surface area contributed by atoms with Crippen molar-refractivity contribution in [3.8, 4) is 16.9 Å². The minimum absolute atomic E-state index is 0.201. The van der Waals surface area contributed by atoms with E-state index in [0.29, 0.717) is 18.8 Å². The van der Waals surface area contributed by atoms with E-state index in [2.05, 4.69) is 11.8 Å². The lowest BCUT2D eigenvalue weighted by atomic mass is 9.89. The third-order valence-electron chi connectivity index (χ3n) is 7.48. The van der Waals surface area contributed by atoms with Crippen LogP contribution in [0.15, 0.2) is 30.5 Å². The van der Waals surface area contributed by atoms with E-state index in [4.69, 9.17) is 24.2 Å². The Hall–Kier alpha value is -3.27. The minimum atomic E-state index is -1.10. The Morgan fingerprint density at radius 2 is 2.16 bits per heavy atom. The van der Waals surface area contributed by atoms with Crippen molar-refractivity contribution in [2.24, 2.45) is 0 Å². The molecule has 2 aliphatic rings. The number of methoxy groups -OCH3 is 1. The van der Waals surface area contributed by atoms with Gasteiger partial charge in [0.1, 0.15) is 5.75 Å². The SMILES string of the molecule is CCCCO[C@@H](C(=O)O)c1c(C)cc2nc(N3CC(OC)C3)sc2c1-c1ccc2c3c(ccnc13)CCO2. The Balaban J connectivity index is 1.61. The lowest BCUT2D eigenvalue weighted by molar-refractivity contribution is -0.151. The van der Waals surface area contributed by atoms with Crippen LogP contribution in [0.3, 0.4) is 0 Å². The number of aromatic nitrogens is 2. The molecule has 8 nitrogen and oxygen atoms in total. The first-order valence-electron chi connectivity index (χ1n) is 13.1. The van der Waals surface area contributed by atoms with Gasteiger partial charge in [-0.25, -0.2) is 9.78 Å². The van der Waals surface area contributed by atoms with Gasteiger partial charge in [0, 0.05) is 61.5 Å². The Bertz CT molecular complexity index is 1520. The van der Waals surface area contributed by atoms with Gasteiger partial charge in [0.25, 0.3) is 0 Å². The Labute approximate surface area is 225 Å². The number of unbranched alkanes of at least 4 members (excludes halogenated alkanes) is 1. The second-order valence-electron chi connectivity index (χ2n) is 9.94. The highest BCUT2D eigenvalue weighted by molar-refractivity contribution is 7.22. The van der Waals surface area contributed by atoms with Crippen molar-refractivity contribution in [3.05, 3.63) is 47.2 Å². The molecule has 2 aromatic carbocycles. The van der Waals surface area contributed by atoms with Gasteiger partial charge >= 0.3 is 5.97 Å². The van der Waals surface area contributed by atoms with Crippen LogP contribution in [0.2, 0.25) is 0 Å². The van der Waals surface area contributed by atoms with Crippen molar-refractivity contribution in [1.82, 2.24) is 9.97 Å². The van der Waals surface area contributed by atoms with Crippen LogP contribution in [0.1, 0.15) is 42.6 Å². The van der Waals surface area contributed by atoms with E-state index >= 15 is 0 Å². The molecule has 1 fully saturated rings. The number of thiazole rings is 1. The van der Waals surface area contributed by atoms with Crippen LogP contribution in [0.5, 0.6) is 5.75 Å². The Morgan fingerprint density at radius 3 is 2.92 bits per heavy atom. The van der Waals surface area contributed by atoms with Crippen LogP contribution < -0.4 is 9.64 Å². The molecule has 6 rings (SSSR count). The van der Waals surface area contributed by atoms with Gasteiger partial charge in [-0.1, -0.05) is 24.7 Å². The maximum Gasteiger partial charge on any atom is 0.337 e. The summed E-state index contributed by atoms with van der Waals surface area (Å²) in [5.41, 5.74) is 6.04. The molecule has 1 N–H and O–H groups in total. The monoisotopic (exact) mass is 533 g/mol. The average molecular weight is 534 g/mol. The van der Waals surface area contributed by atoms with Gasteiger partial charge < -0.3 is 24.2 Å². The molecule has 2 aromatic heterocycles. The highest BCUT2D eigenvalue weighted by Gasteiger charge is 2.33. The number of carbonyl (C=O) groups is 1. The first-order chi connectivity index (χ1) is 18.5. The normalized spacial score (nSPS) is 16.0. The number of rotatable bonds is 9. The summed E-state index contributed by atoms with van der Waals surface area (Å²) >= 11 is 1.58. The molecule has 1 saturated heterocycles. The largest absolute Gasteiger partial charge is 0.493 e. The molecule has 2 aliphatic heterocycles. The predicted molar refractivity (Wildman–Crippen MR) is 149 cm³/mol. The number of carboxylic acid groups (broad SMARTS) is 1. The maximum atomic E-state index is 12.6. The van der Waals surface area contributed by atoms with Crippen molar-refractivity contribution in [2.45, 2.75) is 45.3 Å². The van der Waals surface area contributed by atoms with E-state index in [0.717, 1.165) is 81.0 Å². The van der Waals surface area contributed by atoms with Crippen LogP contribution in [-0.4, -0.2) is 60.6 Å². The molecule has 9 heteroatoms. The highest BCUT2D eigenvalue weighted by Crippen LogP contribution is 2.47. The summed E-state index contributed by atoms with van der Waals surface area (Å²) in [5, 5.41) is 12.2. The van der Waals surface area contributed by atoms with Gasteiger partial charge in [0.2, 0.25) is 0 Å². The lowest BCUT2D eigenvalue weighted by Crippen LogP contribution is -2.51. The topological polar surface area (TPSA) is 94.0 Å². The number of anilines is 1. The number of hydrogen-bond donors (Lipinski definition) is 1. The number of aliphatic carboxylic acids is 1. The zero-order valence-corrected chi connectivity index (χ0v) is 22.6. The van der Waals surface area contributed by atoms with Gasteiger partial charge in [0.15, 0.2) is 11.2 Å². The van der Waals surface area contributed by atoms with E-state index in [9.17, 15) is 9.90 Å².